The summed E-state index contributed by atoms with van der Waals surface area (Å²) in [5.74, 6) is -0.164. The Morgan fingerprint density at radius 3 is 2.68 bits per heavy atom. The first-order valence-corrected chi connectivity index (χ1v) is 8.81. The number of halogens is 1. The molecule has 0 aliphatic carbocycles. The molecule has 0 radical (unpaired) electrons. The van der Waals surface area contributed by atoms with E-state index in [1.165, 1.54) is 11.8 Å². The monoisotopic (exact) mass is 380 g/mol. The average molecular weight is 381 g/mol. The van der Waals surface area contributed by atoms with Gasteiger partial charge in [0.1, 0.15) is 0 Å². The number of rotatable bonds is 1. The molecule has 0 aromatic heterocycles. The first-order chi connectivity index (χ1) is 10.5. The van der Waals surface area contributed by atoms with E-state index in [0.29, 0.717) is 4.91 Å². The van der Waals surface area contributed by atoms with Crippen molar-refractivity contribution >= 4 is 44.8 Å². The molecular formula is C16H17BrN2O2S. The van der Waals surface area contributed by atoms with Gasteiger partial charge in [-0.25, -0.2) is 0 Å². The number of hydrogen-bond donors (Lipinski definition) is 0. The number of nitrogens with zero attached hydrogens (tertiary/aromatic N) is 2. The number of hydrogen-bond acceptors (Lipinski definition) is 4. The number of morpholine rings is 1. The number of benzene rings is 1. The van der Waals surface area contributed by atoms with Crippen LogP contribution >= 0.6 is 27.7 Å². The molecule has 4 nitrogen and oxygen atoms in total. The summed E-state index contributed by atoms with van der Waals surface area (Å²) in [4.78, 5) is 19.2. The summed E-state index contributed by atoms with van der Waals surface area (Å²) in [6.07, 6.45) is 2.19. The highest BCUT2D eigenvalue weighted by molar-refractivity contribution is 9.10. The lowest BCUT2D eigenvalue weighted by atomic mass is 10.2. The summed E-state index contributed by atoms with van der Waals surface area (Å²) in [7, 11) is 0. The maximum Gasteiger partial charge on any atom is 0.286 e. The van der Waals surface area contributed by atoms with Crippen molar-refractivity contribution < 1.29 is 9.53 Å². The molecule has 1 aromatic rings. The lowest BCUT2D eigenvalue weighted by Crippen LogP contribution is -2.47. The van der Waals surface area contributed by atoms with Gasteiger partial charge < -0.3 is 9.64 Å². The second-order valence-corrected chi connectivity index (χ2v) is 7.36. The highest BCUT2D eigenvalue weighted by Gasteiger charge is 2.31. The Bertz CT molecular complexity index is 649. The molecule has 2 aliphatic heterocycles. The van der Waals surface area contributed by atoms with E-state index in [0.717, 1.165) is 28.3 Å². The zero-order valence-electron chi connectivity index (χ0n) is 12.5. The fourth-order valence-corrected chi connectivity index (χ4v) is 3.92. The van der Waals surface area contributed by atoms with Crippen molar-refractivity contribution in [3.8, 4) is 0 Å². The average Bonchev–Trinajstić information content (AvgIpc) is 2.82. The summed E-state index contributed by atoms with van der Waals surface area (Å²) in [6, 6.07) is 7.84. The number of thioether (sulfide) groups is 1. The van der Waals surface area contributed by atoms with Crippen molar-refractivity contribution in [2.75, 3.05) is 13.1 Å². The normalized spacial score (nSPS) is 27.4. The van der Waals surface area contributed by atoms with Crippen LogP contribution in [0.25, 0.3) is 6.08 Å². The third-order valence-electron chi connectivity index (χ3n) is 3.49. The fraction of sp³-hybridized carbons (Fsp3) is 0.375. The second-order valence-electron chi connectivity index (χ2n) is 5.49. The van der Waals surface area contributed by atoms with Gasteiger partial charge in [0.2, 0.25) is 0 Å². The Balaban J connectivity index is 1.78. The van der Waals surface area contributed by atoms with Crippen LogP contribution in [0.2, 0.25) is 0 Å². The maximum atomic E-state index is 12.2. The fourth-order valence-electron chi connectivity index (χ4n) is 2.60. The van der Waals surface area contributed by atoms with Crippen LogP contribution in [0.5, 0.6) is 0 Å². The Morgan fingerprint density at radius 1 is 1.32 bits per heavy atom. The van der Waals surface area contributed by atoms with E-state index in [2.05, 4.69) is 25.8 Å². The minimum Gasteiger partial charge on any atom is -0.372 e. The predicted octanol–water partition coefficient (Wildman–Crippen LogP) is 3.53. The molecule has 22 heavy (non-hydrogen) atoms. The van der Waals surface area contributed by atoms with Crippen LogP contribution in [-0.4, -0.2) is 41.3 Å². The van der Waals surface area contributed by atoms with Crippen LogP contribution in [0.15, 0.2) is 38.6 Å². The summed E-state index contributed by atoms with van der Waals surface area (Å²) in [5, 5.41) is 0.783. The quantitative estimate of drug-likeness (QED) is 0.698. The first kappa shape index (κ1) is 15.8. The van der Waals surface area contributed by atoms with Crippen LogP contribution in [-0.2, 0) is 9.53 Å². The molecule has 116 valence electrons. The van der Waals surface area contributed by atoms with Crippen molar-refractivity contribution in [1.82, 2.24) is 4.90 Å². The number of amidine groups is 1. The Morgan fingerprint density at radius 2 is 2.00 bits per heavy atom. The van der Waals surface area contributed by atoms with E-state index in [9.17, 15) is 4.79 Å². The molecule has 0 spiro atoms. The van der Waals surface area contributed by atoms with Crippen LogP contribution in [0, 0.1) is 0 Å². The van der Waals surface area contributed by atoms with Gasteiger partial charge >= 0.3 is 0 Å². The van der Waals surface area contributed by atoms with Crippen LogP contribution in [0.3, 0.4) is 0 Å². The number of ether oxygens (including phenoxy) is 1. The van der Waals surface area contributed by atoms with Gasteiger partial charge in [0, 0.05) is 17.6 Å². The number of aliphatic imine (C=N–C) groups is 1. The van der Waals surface area contributed by atoms with Crippen molar-refractivity contribution in [3.63, 3.8) is 0 Å². The lowest BCUT2D eigenvalue weighted by molar-refractivity contribution is -0.113. The molecule has 1 saturated heterocycles. The SMILES string of the molecule is CC1CN(C2=NC(=O)/C(=C/c3ccccc3Br)S2)CC(C)O1. The minimum atomic E-state index is -0.164. The molecule has 2 atom stereocenters. The highest BCUT2D eigenvalue weighted by Crippen LogP contribution is 2.32. The molecule has 0 saturated carbocycles. The van der Waals surface area contributed by atoms with Gasteiger partial charge in [0.15, 0.2) is 5.17 Å². The zero-order valence-corrected chi connectivity index (χ0v) is 14.9. The molecule has 1 fully saturated rings. The first-order valence-electron chi connectivity index (χ1n) is 7.20. The smallest absolute Gasteiger partial charge is 0.286 e. The van der Waals surface area contributed by atoms with E-state index in [4.69, 9.17) is 4.74 Å². The summed E-state index contributed by atoms with van der Waals surface area (Å²) < 4.78 is 6.70. The van der Waals surface area contributed by atoms with Gasteiger partial charge in [-0.15, -0.1) is 0 Å². The van der Waals surface area contributed by atoms with Crippen LogP contribution in [0.4, 0.5) is 0 Å². The summed E-state index contributed by atoms with van der Waals surface area (Å²) in [5.41, 5.74) is 0.985. The van der Waals surface area contributed by atoms with Gasteiger partial charge in [0.25, 0.3) is 5.91 Å². The van der Waals surface area contributed by atoms with Crippen LogP contribution < -0.4 is 0 Å². The van der Waals surface area contributed by atoms with Crippen LogP contribution in [0.1, 0.15) is 19.4 Å². The molecule has 2 heterocycles. The van der Waals surface area contributed by atoms with E-state index in [1.54, 1.807) is 0 Å². The Kier molecular flexibility index (Phi) is 4.70. The highest BCUT2D eigenvalue weighted by atomic mass is 79.9. The van der Waals surface area contributed by atoms with Gasteiger partial charge in [-0.2, -0.15) is 4.99 Å². The topological polar surface area (TPSA) is 41.9 Å². The van der Waals surface area contributed by atoms with E-state index in [-0.39, 0.29) is 18.1 Å². The number of amides is 1. The largest absolute Gasteiger partial charge is 0.372 e. The molecule has 1 aromatic carbocycles. The molecule has 0 N–H and O–H groups in total. The predicted molar refractivity (Wildman–Crippen MR) is 93.7 cm³/mol. The van der Waals surface area contributed by atoms with Crippen molar-refractivity contribution in [2.24, 2.45) is 4.99 Å². The molecular weight excluding hydrogens is 364 g/mol. The van der Waals surface area contributed by atoms with Crippen molar-refractivity contribution in [1.29, 1.82) is 0 Å². The van der Waals surface area contributed by atoms with Crippen molar-refractivity contribution in [3.05, 3.63) is 39.2 Å². The minimum absolute atomic E-state index is 0.151. The van der Waals surface area contributed by atoms with Gasteiger partial charge in [-0.05, 0) is 43.3 Å². The third-order valence-corrected chi connectivity index (χ3v) is 5.26. The maximum absolute atomic E-state index is 12.2. The second kappa shape index (κ2) is 6.56. The van der Waals surface area contributed by atoms with E-state index in [1.807, 2.05) is 44.2 Å². The summed E-state index contributed by atoms with van der Waals surface area (Å²) >= 11 is 4.95. The van der Waals surface area contributed by atoms with Gasteiger partial charge in [-0.1, -0.05) is 34.1 Å². The number of carbonyl (C=O) groups excluding carboxylic acids is 1. The van der Waals surface area contributed by atoms with Gasteiger partial charge in [0.05, 0.1) is 17.1 Å². The molecule has 3 rings (SSSR count). The molecule has 0 bridgehead atoms. The molecule has 2 aliphatic rings. The van der Waals surface area contributed by atoms with Gasteiger partial charge in [-0.3, -0.25) is 4.79 Å². The lowest BCUT2D eigenvalue weighted by Gasteiger charge is -2.35. The van der Waals surface area contributed by atoms with Crippen molar-refractivity contribution in [2.45, 2.75) is 26.1 Å². The molecule has 6 heteroatoms. The third kappa shape index (κ3) is 3.45. The Hall–Kier alpha value is -1.11. The standard InChI is InChI=1S/C16H17BrN2O2S/c1-10-8-19(9-11(2)21-10)16-18-15(20)14(22-16)7-12-5-3-4-6-13(12)17/h3-7,10-11H,8-9H2,1-2H3/b14-7-. The van der Waals surface area contributed by atoms with E-state index < -0.39 is 0 Å². The Labute approximate surface area is 142 Å². The molecule has 1 amide bonds. The zero-order chi connectivity index (χ0) is 15.7. The summed E-state index contributed by atoms with van der Waals surface area (Å²) in [6.45, 7) is 5.63. The molecule has 2 unspecified atom stereocenters. The van der Waals surface area contributed by atoms with E-state index >= 15 is 0 Å². The number of carbonyl (C=O) groups is 1.